The third-order valence-corrected chi connectivity index (χ3v) is 11.4. The third-order valence-electron chi connectivity index (χ3n) is 8.58. The average Bonchev–Trinajstić information content (AvgIpc) is 3.62. The second kappa shape index (κ2) is 20.5. The van der Waals surface area contributed by atoms with Crippen LogP contribution in [0.1, 0.15) is 68.3 Å². The number of morpholine rings is 1. The Kier molecular flexibility index (Phi) is 16.1. The number of methoxy groups -OCH3 is 2. The number of likely N-dealkylation sites (tertiary alicyclic amines) is 1. The summed E-state index contributed by atoms with van der Waals surface area (Å²) >= 11 is 3.84. The topological polar surface area (TPSA) is 113 Å². The van der Waals surface area contributed by atoms with Crippen molar-refractivity contribution in [1.82, 2.24) is 9.80 Å². The molecule has 0 saturated carbocycles. The van der Waals surface area contributed by atoms with E-state index in [-0.39, 0.29) is 17.9 Å². The first-order chi connectivity index (χ1) is 23.9. The lowest BCUT2D eigenvalue weighted by atomic mass is 10.1. The van der Waals surface area contributed by atoms with E-state index in [0.717, 1.165) is 62.1 Å². The molecule has 0 bridgehead atoms. The molecule has 2 amide bonds. The minimum atomic E-state index is -0.0353. The average molecular weight is 716 g/mol. The summed E-state index contributed by atoms with van der Waals surface area (Å²) in [7, 11) is 3.20. The van der Waals surface area contributed by atoms with E-state index >= 15 is 0 Å². The molecule has 270 valence electrons. The van der Waals surface area contributed by atoms with Crippen molar-refractivity contribution in [3.63, 3.8) is 0 Å². The molecule has 2 N–H and O–H groups in total. The standard InChI is InChI=1S/C37H53N3O7S2/c1-5-48-37(49-6-2)30-12-11-17-40(30)36(42)28-25-33(44-4)34(26-29(28)38)47-21-10-8-7-9-20-46-31-15-13-27(24-32(31)43-3)14-16-35(41)39-18-22-45-23-19-39/h13-16,24-26,30,37H,5-12,17-23,38H2,1-4H3/b16-14+/t30-/m0/s1. The molecule has 0 aromatic heterocycles. The molecule has 4 rings (SSSR count). The SMILES string of the molecule is CCSC(SCC)[C@@H]1CCCN1C(=O)c1cc(OC)c(OCCCCCCOc2ccc(/C=C/C(=O)N3CCOCC3)cc2OC)cc1N. The Labute approximate surface area is 300 Å². The summed E-state index contributed by atoms with van der Waals surface area (Å²) in [6, 6.07) is 9.32. The molecule has 0 aliphatic carbocycles. The highest BCUT2D eigenvalue weighted by atomic mass is 32.2. The van der Waals surface area contributed by atoms with Gasteiger partial charge in [0.05, 0.1) is 56.8 Å². The molecule has 49 heavy (non-hydrogen) atoms. The van der Waals surface area contributed by atoms with Crippen LogP contribution in [0.3, 0.4) is 0 Å². The van der Waals surface area contributed by atoms with Crippen LogP contribution in [0.15, 0.2) is 36.4 Å². The maximum atomic E-state index is 13.7. The quantitative estimate of drug-likeness (QED) is 0.0738. The zero-order valence-electron chi connectivity index (χ0n) is 29.4. The van der Waals surface area contributed by atoms with Crippen LogP contribution in [0.2, 0.25) is 0 Å². The summed E-state index contributed by atoms with van der Waals surface area (Å²) in [5, 5.41) is 0. The Bertz CT molecular complexity index is 1380. The van der Waals surface area contributed by atoms with Crippen LogP contribution in [0.4, 0.5) is 5.69 Å². The molecule has 2 heterocycles. The van der Waals surface area contributed by atoms with Crippen LogP contribution in [0.5, 0.6) is 23.0 Å². The van der Waals surface area contributed by atoms with E-state index in [4.69, 9.17) is 29.4 Å². The third kappa shape index (κ3) is 11.1. The van der Waals surface area contributed by atoms with Gasteiger partial charge in [0, 0.05) is 37.5 Å². The zero-order chi connectivity index (χ0) is 35.0. The number of amides is 2. The van der Waals surface area contributed by atoms with Gasteiger partial charge in [-0.3, -0.25) is 9.59 Å². The van der Waals surface area contributed by atoms with E-state index in [1.165, 1.54) is 0 Å². The molecule has 0 unspecified atom stereocenters. The fourth-order valence-electron chi connectivity index (χ4n) is 6.00. The molecule has 2 saturated heterocycles. The van der Waals surface area contributed by atoms with E-state index in [0.29, 0.717) is 78.3 Å². The highest BCUT2D eigenvalue weighted by molar-refractivity contribution is 8.17. The number of benzene rings is 2. The number of nitrogen functional groups attached to an aromatic ring is 1. The van der Waals surface area contributed by atoms with Gasteiger partial charge in [-0.2, -0.15) is 0 Å². The first-order valence-electron chi connectivity index (χ1n) is 17.4. The van der Waals surface area contributed by atoms with Gasteiger partial charge in [-0.25, -0.2) is 0 Å². The number of thioether (sulfide) groups is 2. The van der Waals surface area contributed by atoms with Crippen LogP contribution in [-0.2, 0) is 9.53 Å². The summed E-state index contributed by atoms with van der Waals surface area (Å²) in [4.78, 5) is 29.9. The van der Waals surface area contributed by atoms with E-state index in [1.54, 1.807) is 43.4 Å². The van der Waals surface area contributed by atoms with Gasteiger partial charge in [0.2, 0.25) is 5.91 Å². The number of carbonyl (C=O) groups is 2. The lowest BCUT2D eigenvalue weighted by Crippen LogP contribution is -2.41. The number of nitrogens with two attached hydrogens (primary N) is 1. The van der Waals surface area contributed by atoms with Gasteiger partial charge in [0.25, 0.3) is 5.91 Å². The van der Waals surface area contributed by atoms with Gasteiger partial charge in [0.1, 0.15) is 0 Å². The van der Waals surface area contributed by atoms with Gasteiger partial charge in [0.15, 0.2) is 23.0 Å². The largest absolute Gasteiger partial charge is 0.493 e. The number of rotatable bonds is 19. The molecule has 12 heteroatoms. The van der Waals surface area contributed by atoms with Gasteiger partial charge in [-0.15, -0.1) is 23.5 Å². The van der Waals surface area contributed by atoms with Gasteiger partial charge >= 0.3 is 0 Å². The molecular formula is C37H53N3O7S2. The molecule has 0 radical (unpaired) electrons. The molecule has 2 aromatic carbocycles. The summed E-state index contributed by atoms with van der Waals surface area (Å²) in [6.07, 6.45) is 9.10. The van der Waals surface area contributed by atoms with Crippen molar-refractivity contribution in [3.8, 4) is 23.0 Å². The monoisotopic (exact) mass is 715 g/mol. The van der Waals surface area contributed by atoms with Crippen LogP contribution in [-0.4, -0.2) is 104 Å². The number of anilines is 1. The van der Waals surface area contributed by atoms with Crippen molar-refractivity contribution in [1.29, 1.82) is 0 Å². The number of hydrogen-bond acceptors (Lipinski definition) is 10. The Morgan fingerprint density at radius 1 is 0.898 bits per heavy atom. The summed E-state index contributed by atoms with van der Waals surface area (Å²) in [5.41, 5.74) is 8.18. The van der Waals surface area contributed by atoms with Crippen LogP contribution in [0.25, 0.3) is 6.08 Å². The van der Waals surface area contributed by atoms with Gasteiger partial charge in [-0.1, -0.05) is 19.9 Å². The molecular weight excluding hydrogens is 663 g/mol. The molecule has 2 fully saturated rings. The Morgan fingerprint density at radius 3 is 2.20 bits per heavy atom. The van der Waals surface area contributed by atoms with Crippen molar-refractivity contribution in [2.24, 2.45) is 0 Å². The normalized spacial score (nSPS) is 16.4. The Balaban J connectivity index is 1.20. The van der Waals surface area contributed by atoms with E-state index in [1.807, 2.05) is 46.6 Å². The Morgan fingerprint density at radius 2 is 1.55 bits per heavy atom. The fraction of sp³-hybridized carbons (Fsp3) is 0.568. The van der Waals surface area contributed by atoms with Crippen molar-refractivity contribution in [3.05, 3.63) is 47.5 Å². The summed E-state index contributed by atoms with van der Waals surface area (Å²) in [5.74, 6) is 4.37. The van der Waals surface area contributed by atoms with Crippen LogP contribution >= 0.6 is 23.5 Å². The first kappa shape index (κ1) is 38.6. The molecule has 2 aliphatic rings. The van der Waals surface area contributed by atoms with E-state index < -0.39 is 0 Å². The summed E-state index contributed by atoms with van der Waals surface area (Å²) in [6.45, 7) is 8.55. The molecule has 2 aliphatic heterocycles. The minimum Gasteiger partial charge on any atom is -0.493 e. The number of hydrogen-bond donors (Lipinski definition) is 1. The highest BCUT2D eigenvalue weighted by Crippen LogP contribution is 2.38. The van der Waals surface area contributed by atoms with Crippen molar-refractivity contribution in [2.75, 3.05) is 77.5 Å². The molecule has 0 spiro atoms. The number of ether oxygens (including phenoxy) is 5. The number of carbonyl (C=O) groups excluding carboxylic acids is 2. The predicted molar refractivity (Wildman–Crippen MR) is 200 cm³/mol. The number of nitrogens with zero attached hydrogens (tertiary/aromatic N) is 2. The second-order valence-corrected chi connectivity index (χ2v) is 15.0. The molecule has 1 atom stereocenters. The first-order valence-corrected chi connectivity index (χ1v) is 19.5. The maximum absolute atomic E-state index is 13.7. The fourth-order valence-corrected chi connectivity index (χ4v) is 8.87. The highest BCUT2D eigenvalue weighted by Gasteiger charge is 2.36. The lowest BCUT2D eigenvalue weighted by Gasteiger charge is -2.31. The van der Waals surface area contributed by atoms with Crippen molar-refractivity contribution in [2.45, 2.75) is 63.0 Å². The second-order valence-electron chi connectivity index (χ2n) is 11.9. The van der Waals surface area contributed by atoms with Gasteiger partial charge < -0.3 is 39.2 Å². The van der Waals surface area contributed by atoms with E-state index in [2.05, 4.69) is 13.8 Å². The van der Waals surface area contributed by atoms with Crippen LogP contribution < -0.4 is 24.7 Å². The van der Waals surface area contributed by atoms with Crippen molar-refractivity contribution >= 4 is 47.1 Å². The van der Waals surface area contributed by atoms with Gasteiger partial charge in [-0.05, 0) is 79.9 Å². The maximum Gasteiger partial charge on any atom is 0.256 e. The van der Waals surface area contributed by atoms with Crippen LogP contribution in [0, 0.1) is 0 Å². The predicted octanol–water partition coefficient (Wildman–Crippen LogP) is 6.61. The lowest BCUT2D eigenvalue weighted by molar-refractivity contribution is -0.129. The minimum absolute atomic E-state index is 0.0199. The zero-order valence-corrected chi connectivity index (χ0v) is 31.1. The molecule has 2 aromatic rings. The summed E-state index contributed by atoms with van der Waals surface area (Å²) < 4.78 is 28.9. The Hall–Kier alpha value is -3.22. The smallest absolute Gasteiger partial charge is 0.256 e. The van der Waals surface area contributed by atoms with E-state index in [9.17, 15) is 9.59 Å². The molecule has 10 nitrogen and oxygen atoms in total. The van der Waals surface area contributed by atoms with Crippen molar-refractivity contribution < 1.29 is 33.3 Å². The number of unbranched alkanes of at least 4 members (excludes halogenated alkanes) is 3.